The average Bonchev–Trinajstić information content (AvgIpc) is 2.78. The summed E-state index contributed by atoms with van der Waals surface area (Å²) in [7, 11) is 1.52. The Kier molecular flexibility index (Phi) is 6.91. The number of piperazine rings is 1. The van der Waals surface area contributed by atoms with Crippen LogP contribution in [0.4, 0.5) is 10.1 Å². The van der Waals surface area contributed by atoms with E-state index in [1.165, 1.54) is 19.3 Å². The van der Waals surface area contributed by atoms with Crippen LogP contribution >= 0.6 is 0 Å². The second-order valence-corrected chi connectivity index (χ2v) is 6.71. The molecule has 0 spiro atoms. The maximum atomic E-state index is 14.0. The molecule has 30 heavy (non-hydrogen) atoms. The van der Waals surface area contributed by atoms with E-state index in [1.54, 1.807) is 41.3 Å². The van der Waals surface area contributed by atoms with Gasteiger partial charge in [-0.25, -0.2) is 4.39 Å². The maximum absolute atomic E-state index is 14.0. The van der Waals surface area contributed by atoms with E-state index in [0.717, 1.165) is 0 Å². The molecule has 156 valence electrons. The van der Waals surface area contributed by atoms with E-state index in [9.17, 15) is 14.4 Å². The fourth-order valence-corrected chi connectivity index (χ4v) is 3.46. The first-order valence-corrected chi connectivity index (χ1v) is 9.79. The van der Waals surface area contributed by atoms with E-state index < -0.39 is 0 Å². The van der Waals surface area contributed by atoms with Gasteiger partial charge in [0.05, 0.1) is 19.4 Å². The molecule has 0 radical (unpaired) electrons. The smallest absolute Gasteiger partial charge is 0.264 e. The van der Waals surface area contributed by atoms with E-state index in [-0.39, 0.29) is 17.3 Å². The van der Waals surface area contributed by atoms with Crippen molar-refractivity contribution < 1.29 is 18.7 Å². The number of hydrogen-bond acceptors (Lipinski definition) is 5. The zero-order chi connectivity index (χ0) is 21.5. The van der Waals surface area contributed by atoms with Crippen LogP contribution in [0.15, 0.2) is 48.0 Å². The predicted octanol–water partition coefficient (Wildman–Crippen LogP) is 3.49. The molecule has 0 aromatic heterocycles. The number of para-hydroxylation sites is 2. The summed E-state index contributed by atoms with van der Waals surface area (Å²) in [5.74, 6) is 0.395. The SMILES string of the molecule is CCOc1cccc(/C=C(\C#N)C(=O)N2CCN(c3ccccc3F)CC2)c1OC. The standard InChI is InChI=1S/C23H24FN3O3/c1-3-30-21-10-6-7-17(22(21)29-2)15-18(16-25)23(28)27-13-11-26(12-14-27)20-9-5-4-8-19(20)24/h4-10,15H,3,11-14H2,1-2H3/b18-15+. The Morgan fingerprint density at radius 3 is 2.53 bits per heavy atom. The summed E-state index contributed by atoms with van der Waals surface area (Å²) in [6, 6.07) is 13.9. The largest absolute Gasteiger partial charge is 0.492 e. The van der Waals surface area contributed by atoms with Crippen molar-refractivity contribution in [2.24, 2.45) is 0 Å². The van der Waals surface area contributed by atoms with Gasteiger partial charge >= 0.3 is 0 Å². The van der Waals surface area contributed by atoms with Crippen molar-refractivity contribution in [2.45, 2.75) is 6.92 Å². The number of nitriles is 1. The summed E-state index contributed by atoms with van der Waals surface area (Å²) in [6.07, 6.45) is 1.52. The van der Waals surface area contributed by atoms with Crippen molar-refractivity contribution in [3.8, 4) is 17.6 Å². The molecule has 0 bridgehead atoms. The summed E-state index contributed by atoms with van der Waals surface area (Å²) < 4.78 is 25.0. The molecule has 1 fully saturated rings. The van der Waals surface area contributed by atoms with Crippen molar-refractivity contribution in [3.63, 3.8) is 0 Å². The first-order valence-electron chi connectivity index (χ1n) is 9.79. The molecule has 6 nitrogen and oxygen atoms in total. The summed E-state index contributed by atoms with van der Waals surface area (Å²) >= 11 is 0. The Morgan fingerprint density at radius 2 is 1.90 bits per heavy atom. The quantitative estimate of drug-likeness (QED) is 0.540. The molecule has 1 heterocycles. The number of rotatable bonds is 6. The third kappa shape index (κ3) is 4.54. The Labute approximate surface area is 175 Å². The molecule has 1 aliphatic heterocycles. The lowest BCUT2D eigenvalue weighted by Crippen LogP contribution is -2.49. The minimum Gasteiger partial charge on any atom is -0.492 e. The topological polar surface area (TPSA) is 65.8 Å². The highest BCUT2D eigenvalue weighted by atomic mass is 19.1. The fraction of sp³-hybridized carbons (Fsp3) is 0.304. The van der Waals surface area contributed by atoms with Gasteiger partial charge in [0.1, 0.15) is 17.5 Å². The van der Waals surface area contributed by atoms with E-state index in [4.69, 9.17) is 9.47 Å². The number of amides is 1. The predicted molar refractivity (Wildman–Crippen MR) is 113 cm³/mol. The number of carbonyl (C=O) groups is 1. The van der Waals surface area contributed by atoms with Crippen LogP contribution in [0, 0.1) is 17.1 Å². The zero-order valence-corrected chi connectivity index (χ0v) is 17.1. The highest BCUT2D eigenvalue weighted by Crippen LogP contribution is 2.32. The first kappa shape index (κ1) is 21.2. The van der Waals surface area contributed by atoms with Crippen LogP contribution in [0.25, 0.3) is 6.08 Å². The third-order valence-corrected chi connectivity index (χ3v) is 4.92. The van der Waals surface area contributed by atoms with Crippen molar-refractivity contribution in [3.05, 3.63) is 59.4 Å². The van der Waals surface area contributed by atoms with Gasteiger partial charge in [-0.2, -0.15) is 5.26 Å². The van der Waals surface area contributed by atoms with Crippen LogP contribution in [0.3, 0.4) is 0 Å². The Morgan fingerprint density at radius 1 is 1.17 bits per heavy atom. The molecule has 2 aromatic carbocycles. The highest BCUT2D eigenvalue weighted by Gasteiger charge is 2.25. The van der Waals surface area contributed by atoms with Gasteiger partial charge < -0.3 is 19.3 Å². The molecule has 0 saturated carbocycles. The van der Waals surface area contributed by atoms with Gasteiger partial charge in [0.2, 0.25) is 0 Å². The number of halogens is 1. The molecule has 3 rings (SSSR count). The summed E-state index contributed by atoms with van der Waals surface area (Å²) in [5.41, 5.74) is 1.14. The van der Waals surface area contributed by atoms with Gasteiger partial charge in [-0.05, 0) is 31.2 Å². The van der Waals surface area contributed by atoms with Crippen molar-refractivity contribution >= 4 is 17.7 Å². The molecular weight excluding hydrogens is 385 g/mol. The molecule has 1 aliphatic rings. The van der Waals surface area contributed by atoms with Gasteiger partial charge in [0.15, 0.2) is 11.5 Å². The summed E-state index contributed by atoms with van der Waals surface area (Å²) in [5, 5.41) is 9.59. The van der Waals surface area contributed by atoms with E-state index in [2.05, 4.69) is 0 Å². The Balaban J connectivity index is 1.76. The van der Waals surface area contributed by atoms with Gasteiger partial charge in [0.25, 0.3) is 5.91 Å². The zero-order valence-electron chi connectivity index (χ0n) is 17.1. The fourth-order valence-electron chi connectivity index (χ4n) is 3.46. The lowest BCUT2D eigenvalue weighted by atomic mass is 10.1. The number of anilines is 1. The Bertz CT molecular complexity index is 976. The second kappa shape index (κ2) is 9.79. The minimum absolute atomic E-state index is 0.0151. The molecule has 2 aromatic rings. The third-order valence-electron chi connectivity index (χ3n) is 4.92. The van der Waals surface area contributed by atoms with Crippen molar-refractivity contribution in [1.29, 1.82) is 5.26 Å². The molecule has 1 amide bonds. The van der Waals surface area contributed by atoms with Gasteiger partial charge in [-0.15, -0.1) is 0 Å². The normalized spacial score (nSPS) is 14.3. The van der Waals surface area contributed by atoms with Crippen LogP contribution in [0.2, 0.25) is 0 Å². The van der Waals surface area contributed by atoms with Gasteiger partial charge in [-0.3, -0.25) is 4.79 Å². The maximum Gasteiger partial charge on any atom is 0.264 e. The van der Waals surface area contributed by atoms with Crippen LogP contribution < -0.4 is 14.4 Å². The van der Waals surface area contributed by atoms with E-state index in [1.807, 2.05) is 17.9 Å². The molecule has 1 saturated heterocycles. The molecule has 0 N–H and O–H groups in total. The number of nitrogens with zero attached hydrogens (tertiary/aromatic N) is 3. The number of carbonyl (C=O) groups excluding carboxylic acids is 1. The first-order chi connectivity index (χ1) is 14.6. The number of benzene rings is 2. The molecular formula is C23H24FN3O3. The molecule has 7 heteroatoms. The van der Waals surface area contributed by atoms with Crippen molar-refractivity contribution in [1.82, 2.24) is 4.90 Å². The Hall–Kier alpha value is -3.53. The van der Waals surface area contributed by atoms with Gasteiger partial charge in [-0.1, -0.05) is 24.3 Å². The van der Waals surface area contributed by atoms with Crippen LogP contribution in [-0.4, -0.2) is 50.7 Å². The number of ether oxygens (including phenoxy) is 2. The number of methoxy groups -OCH3 is 1. The van der Waals surface area contributed by atoms with Crippen molar-refractivity contribution in [2.75, 3.05) is 44.8 Å². The molecule has 0 atom stereocenters. The van der Waals surface area contributed by atoms with E-state index >= 15 is 0 Å². The lowest BCUT2D eigenvalue weighted by molar-refractivity contribution is -0.126. The average molecular weight is 409 g/mol. The second-order valence-electron chi connectivity index (χ2n) is 6.71. The lowest BCUT2D eigenvalue weighted by Gasteiger charge is -2.36. The highest BCUT2D eigenvalue weighted by molar-refractivity contribution is 6.02. The van der Waals surface area contributed by atoms with Crippen LogP contribution in [0.1, 0.15) is 12.5 Å². The van der Waals surface area contributed by atoms with E-state index in [0.29, 0.717) is 55.5 Å². The minimum atomic E-state index is -0.352. The summed E-state index contributed by atoms with van der Waals surface area (Å²) in [4.78, 5) is 16.4. The van der Waals surface area contributed by atoms with Gasteiger partial charge in [0, 0.05) is 31.7 Å². The van der Waals surface area contributed by atoms with Crippen LogP contribution in [-0.2, 0) is 4.79 Å². The monoisotopic (exact) mass is 409 g/mol. The molecule has 0 aliphatic carbocycles. The number of hydrogen-bond donors (Lipinski definition) is 0. The molecule has 0 unspecified atom stereocenters. The van der Waals surface area contributed by atoms with Crippen LogP contribution in [0.5, 0.6) is 11.5 Å². The summed E-state index contributed by atoms with van der Waals surface area (Å²) in [6.45, 7) is 4.14.